The number of nitrogens with zero attached hydrogens (tertiary/aromatic N) is 1. The van der Waals surface area contributed by atoms with Gasteiger partial charge >= 0.3 is 0 Å². The maximum atomic E-state index is 12.9. The van der Waals surface area contributed by atoms with E-state index < -0.39 is 5.60 Å². The van der Waals surface area contributed by atoms with E-state index in [1.165, 1.54) is 0 Å². The lowest BCUT2D eigenvalue weighted by atomic mass is 9.84. The number of ketones is 1. The molecule has 0 aliphatic carbocycles. The second kappa shape index (κ2) is 9.78. The Morgan fingerprint density at radius 3 is 2.26 bits per heavy atom. The first-order chi connectivity index (χ1) is 15.0. The molecule has 1 aliphatic heterocycles. The van der Waals surface area contributed by atoms with Crippen molar-refractivity contribution in [2.75, 3.05) is 19.6 Å². The van der Waals surface area contributed by atoms with Crippen molar-refractivity contribution >= 4 is 17.4 Å². The lowest BCUT2D eigenvalue weighted by Crippen LogP contribution is -2.42. The lowest BCUT2D eigenvalue weighted by Gasteiger charge is -2.38. The van der Waals surface area contributed by atoms with Crippen LogP contribution in [-0.4, -0.2) is 35.4 Å². The van der Waals surface area contributed by atoms with Crippen LogP contribution in [0.25, 0.3) is 11.1 Å². The van der Waals surface area contributed by atoms with Gasteiger partial charge in [0.2, 0.25) is 0 Å². The highest BCUT2D eigenvalue weighted by Gasteiger charge is 2.33. The zero-order chi connectivity index (χ0) is 21.7. The van der Waals surface area contributed by atoms with Crippen molar-refractivity contribution in [3.63, 3.8) is 0 Å². The van der Waals surface area contributed by atoms with Crippen LogP contribution in [0.1, 0.15) is 41.6 Å². The average molecular weight is 434 g/mol. The summed E-state index contributed by atoms with van der Waals surface area (Å²) in [5, 5.41) is 11.7. The molecule has 0 atom stereocenters. The highest BCUT2D eigenvalue weighted by atomic mass is 35.5. The van der Waals surface area contributed by atoms with Gasteiger partial charge in [-0.05, 0) is 54.6 Å². The zero-order valence-electron chi connectivity index (χ0n) is 17.6. The van der Waals surface area contributed by atoms with Gasteiger partial charge in [-0.1, -0.05) is 78.3 Å². The van der Waals surface area contributed by atoms with Gasteiger partial charge in [0, 0.05) is 30.1 Å². The molecule has 0 saturated carbocycles. The fraction of sp³-hybridized carbons (Fsp3) is 0.296. The van der Waals surface area contributed by atoms with E-state index in [0.29, 0.717) is 24.3 Å². The first kappa shape index (κ1) is 21.8. The fourth-order valence-corrected chi connectivity index (χ4v) is 4.51. The normalized spacial score (nSPS) is 16.2. The Balaban J connectivity index is 1.30. The van der Waals surface area contributed by atoms with E-state index in [2.05, 4.69) is 4.90 Å². The van der Waals surface area contributed by atoms with E-state index in [9.17, 15) is 9.90 Å². The number of carbonyl (C=O) groups is 1. The highest BCUT2D eigenvalue weighted by molar-refractivity contribution is 6.30. The van der Waals surface area contributed by atoms with Gasteiger partial charge in [-0.15, -0.1) is 0 Å². The van der Waals surface area contributed by atoms with Crippen LogP contribution < -0.4 is 0 Å². The molecule has 0 unspecified atom stereocenters. The van der Waals surface area contributed by atoms with Crippen LogP contribution >= 0.6 is 11.6 Å². The monoisotopic (exact) mass is 433 g/mol. The van der Waals surface area contributed by atoms with Crippen molar-refractivity contribution in [1.29, 1.82) is 0 Å². The van der Waals surface area contributed by atoms with Crippen molar-refractivity contribution in [3.8, 4) is 11.1 Å². The van der Waals surface area contributed by atoms with Crippen LogP contribution in [0, 0.1) is 0 Å². The summed E-state index contributed by atoms with van der Waals surface area (Å²) in [6.07, 6.45) is 2.74. The fourth-order valence-electron chi connectivity index (χ4n) is 4.39. The number of likely N-dealkylation sites (tertiary alicyclic amines) is 1. The Morgan fingerprint density at radius 1 is 0.903 bits per heavy atom. The number of hydrogen-bond donors (Lipinski definition) is 1. The van der Waals surface area contributed by atoms with Gasteiger partial charge in [0.05, 0.1) is 5.60 Å². The smallest absolute Gasteiger partial charge is 0.163 e. The summed E-state index contributed by atoms with van der Waals surface area (Å²) < 4.78 is 0. The van der Waals surface area contributed by atoms with Crippen molar-refractivity contribution in [2.45, 2.75) is 31.3 Å². The molecule has 31 heavy (non-hydrogen) atoms. The molecule has 3 aromatic rings. The molecule has 4 heteroatoms. The summed E-state index contributed by atoms with van der Waals surface area (Å²) in [5.74, 6) is 0.189. The van der Waals surface area contributed by atoms with Gasteiger partial charge in [0.1, 0.15) is 0 Å². The quantitative estimate of drug-likeness (QED) is 0.468. The Kier molecular flexibility index (Phi) is 6.86. The van der Waals surface area contributed by atoms with Gasteiger partial charge < -0.3 is 10.0 Å². The molecule has 1 saturated heterocycles. The lowest BCUT2D eigenvalue weighted by molar-refractivity contribution is -0.0260. The van der Waals surface area contributed by atoms with E-state index in [4.69, 9.17) is 11.6 Å². The summed E-state index contributed by atoms with van der Waals surface area (Å²) in [6, 6.07) is 25.4. The third kappa shape index (κ3) is 5.24. The number of hydrogen-bond acceptors (Lipinski definition) is 3. The van der Waals surface area contributed by atoms with Crippen LogP contribution in [0.15, 0.2) is 78.9 Å². The second-order valence-electron chi connectivity index (χ2n) is 8.32. The summed E-state index contributed by atoms with van der Waals surface area (Å²) >= 11 is 5.97. The minimum absolute atomic E-state index is 0.189. The largest absolute Gasteiger partial charge is 0.385 e. The predicted molar refractivity (Wildman–Crippen MR) is 126 cm³/mol. The standard InChI is InChI=1S/C27H28ClNO2/c28-23-14-12-22(13-15-23)27(31)16-19-29(20-17-27)18-6-11-26(30)25-10-5-4-9-24(25)21-7-2-1-3-8-21/h1-5,7-10,12-15,31H,6,11,16-20H2. The third-order valence-electron chi connectivity index (χ3n) is 6.26. The number of halogens is 1. The molecule has 1 aliphatic rings. The van der Waals surface area contributed by atoms with Crippen molar-refractivity contribution < 1.29 is 9.90 Å². The molecule has 1 N–H and O–H groups in total. The van der Waals surface area contributed by atoms with Crippen molar-refractivity contribution in [1.82, 2.24) is 4.90 Å². The van der Waals surface area contributed by atoms with Gasteiger partial charge in [0.25, 0.3) is 0 Å². The third-order valence-corrected chi connectivity index (χ3v) is 6.51. The summed E-state index contributed by atoms with van der Waals surface area (Å²) in [6.45, 7) is 2.53. The molecule has 160 valence electrons. The molecular weight excluding hydrogens is 406 g/mol. The summed E-state index contributed by atoms with van der Waals surface area (Å²) in [7, 11) is 0. The van der Waals surface area contributed by atoms with Crippen LogP contribution in [0.4, 0.5) is 0 Å². The maximum Gasteiger partial charge on any atom is 0.163 e. The zero-order valence-corrected chi connectivity index (χ0v) is 18.4. The number of Topliss-reactive ketones (excluding diaryl/α,β-unsaturated/α-hetero) is 1. The molecule has 1 fully saturated rings. The number of carbonyl (C=O) groups excluding carboxylic acids is 1. The molecule has 0 bridgehead atoms. The average Bonchev–Trinajstić information content (AvgIpc) is 2.81. The molecular formula is C27H28ClNO2. The molecule has 3 aromatic carbocycles. The minimum Gasteiger partial charge on any atom is -0.385 e. The van der Waals surface area contributed by atoms with Crippen molar-refractivity contribution in [3.05, 3.63) is 95.0 Å². The van der Waals surface area contributed by atoms with Crippen LogP contribution in [-0.2, 0) is 5.60 Å². The number of aliphatic hydroxyl groups is 1. The van der Waals surface area contributed by atoms with E-state index in [1.807, 2.05) is 78.9 Å². The molecule has 1 heterocycles. The number of piperidine rings is 1. The molecule has 0 amide bonds. The number of rotatable bonds is 7. The predicted octanol–water partition coefficient (Wildman–Crippen LogP) is 5.95. The highest BCUT2D eigenvalue weighted by Crippen LogP contribution is 2.33. The first-order valence-corrected chi connectivity index (χ1v) is 11.3. The topological polar surface area (TPSA) is 40.5 Å². The van der Waals surface area contributed by atoms with Crippen molar-refractivity contribution in [2.24, 2.45) is 0 Å². The van der Waals surface area contributed by atoms with Gasteiger partial charge in [-0.25, -0.2) is 0 Å². The molecule has 4 rings (SSSR count). The van der Waals surface area contributed by atoms with E-state index in [0.717, 1.165) is 48.3 Å². The Labute approximate surface area is 189 Å². The maximum absolute atomic E-state index is 12.9. The SMILES string of the molecule is O=C(CCCN1CCC(O)(c2ccc(Cl)cc2)CC1)c1ccccc1-c1ccccc1. The van der Waals surface area contributed by atoms with E-state index >= 15 is 0 Å². The van der Waals surface area contributed by atoms with E-state index in [1.54, 1.807) is 0 Å². The summed E-state index contributed by atoms with van der Waals surface area (Å²) in [4.78, 5) is 15.3. The van der Waals surface area contributed by atoms with Gasteiger partial charge in [-0.2, -0.15) is 0 Å². The van der Waals surface area contributed by atoms with Crippen LogP contribution in [0.5, 0.6) is 0 Å². The van der Waals surface area contributed by atoms with Crippen LogP contribution in [0.3, 0.4) is 0 Å². The Hall–Kier alpha value is -2.46. The first-order valence-electron chi connectivity index (χ1n) is 10.9. The minimum atomic E-state index is -0.786. The van der Waals surface area contributed by atoms with Crippen LogP contribution in [0.2, 0.25) is 5.02 Å². The molecule has 3 nitrogen and oxygen atoms in total. The van der Waals surface area contributed by atoms with Gasteiger partial charge in [0.15, 0.2) is 5.78 Å². The summed E-state index contributed by atoms with van der Waals surface area (Å²) in [5.41, 5.74) is 3.02. The van der Waals surface area contributed by atoms with E-state index in [-0.39, 0.29) is 5.78 Å². The molecule has 0 spiro atoms. The second-order valence-corrected chi connectivity index (χ2v) is 8.75. The van der Waals surface area contributed by atoms with Gasteiger partial charge in [-0.3, -0.25) is 4.79 Å². The Bertz CT molecular complexity index is 1010. The molecule has 0 radical (unpaired) electrons. The number of benzene rings is 3. The molecule has 0 aromatic heterocycles. The Morgan fingerprint density at radius 2 is 1.55 bits per heavy atom.